The standard InChI is InChI=1S/C23H35NO3/c1-6-7-8-12-18-15-20(25)19(22(26)21(18)23(27)24-5)14-13-17(4)11-9-10-16(2)3/h10,13,15,25-26H,6-9,11-12,14H2,1-5H3,(H,24,27)/b17-13+. The molecule has 0 heterocycles. The van der Waals surface area contributed by atoms with Crippen LogP contribution in [0.1, 0.15) is 81.3 Å². The van der Waals surface area contributed by atoms with Crippen LogP contribution in [0.2, 0.25) is 0 Å². The van der Waals surface area contributed by atoms with Gasteiger partial charge in [0.05, 0.1) is 5.56 Å². The first-order chi connectivity index (χ1) is 12.8. The second-order valence-corrected chi connectivity index (χ2v) is 7.37. The van der Waals surface area contributed by atoms with Crippen LogP contribution in [0.25, 0.3) is 0 Å². The summed E-state index contributed by atoms with van der Waals surface area (Å²) in [4.78, 5) is 12.3. The molecule has 1 amide bonds. The number of aromatic hydroxyl groups is 2. The van der Waals surface area contributed by atoms with Gasteiger partial charge in [0.2, 0.25) is 0 Å². The molecule has 1 rings (SSSR count). The Bertz CT molecular complexity index is 698. The van der Waals surface area contributed by atoms with Crippen LogP contribution in [0.15, 0.2) is 29.4 Å². The zero-order chi connectivity index (χ0) is 20.4. The van der Waals surface area contributed by atoms with Crippen LogP contribution in [-0.4, -0.2) is 23.2 Å². The molecule has 0 saturated carbocycles. The molecule has 1 aromatic carbocycles. The quantitative estimate of drug-likeness (QED) is 0.378. The van der Waals surface area contributed by atoms with Crippen molar-refractivity contribution >= 4 is 5.91 Å². The van der Waals surface area contributed by atoms with Crippen LogP contribution in [0, 0.1) is 0 Å². The average Bonchev–Trinajstić information content (AvgIpc) is 2.60. The Balaban J connectivity index is 3.09. The maximum atomic E-state index is 12.3. The zero-order valence-electron chi connectivity index (χ0n) is 17.5. The Morgan fingerprint density at radius 2 is 1.85 bits per heavy atom. The van der Waals surface area contributed by atoms with Gasteiger partial charge in [0.15, 0.2) is 0 Å². The van der Waals surface area contributed by atoms with Gasteiger partial charge >= 0.3 is 0 Å². The van der Waals surface area contributed by atoms with Gasteiger partial charge in [-0.3, -0.25) is 4.79 Å². The van der Waals surface area contributed by atoms with Gasteiger partial charge in [-0.15, -0.1) is 0 Å². The van der Waals surface area contributed by atoms with Crippen molar-refractivity contribution in [2.75, 3.05) is 7.05 Å². The molecule has 4 nitrogen and oxygen atoms in total. The molecule has 27 heavy (non-hydrogen) atoms. The lowest BCUT2D eigenvalue weighted by atomic mass is 9.94. The first-order valence-electron chi connectivity index (χ1n) is 9.89. The number of hydrogen-bond donors (Lipinski definition) is 3. The number of nitrogens with one attached hydrogen (secondary N) is 1. The smallest absolute Gasteiger partial charge is 0.255 e. The van der Waals surface area contributed by atoms with Crippen LogP contribution < -0.4 is 5.32 Å². The van der Waals surface area contributed by atoms with Crippen LogP contribution in [0.4, 0.5) is 0 Å². The summed E-state index contributed by atoms with van der Waals surface area (Å²) in [5.74, 6) is -0.362. The molecule has 0 atom stereocenters. The minimum Gasteiger partial charge on any atom is -0.508 e. The Hall–Kier alpha value is -2.23. The molecule has 1 aromatic rings. The first-order valence-corrected chi connectivity index (χ1v) is 9.89. The topological polar surface area (TPSA) is 69.6 Å². The molecule has 0 spiro atoms. The van der Waals surface area contributed by atoms with Crippen LogP contribution in [0.3, 0.4) is 0 Å². The van der Waals surface area contributed by atoms with Crippen LogP contribution in [-0.2, 0) is 12.8 Å². The third kappa shape index (κ3) is 7.12. The minimum atomic E-state index is -0.315. The average molecular weight is 374 g/mol. The van der Waals surface area contributed by atoms with Crippen molar-refractivity contribution in [3.63, 3.8) is 0 Å². The second kappa shape index (κ2) is 11.5. The lowest BCUT2D eigenvalue weighted by Gasteiger charge is -2.15. The van der Waals surface area contributed by atoms with Gasteiger partial charge in [0, 0.05) is 12.6 Å². The van der Waals surface area contributed by atoms with Crippen molar-refractivity contribution in [1.82, 2.24) is 5.32 Å². The summed E-state index contributed by atoms with van der Waals surface area (Å²) in [6.45, 7) is 8.32. The van der Waals surface area contributed by atoms with Gasteiger partial charge < -0.3 is 15.5 Å². The van der Waals surface area contributed by atoms with Crippen LogP contribution in [0.5, 0.6) is 11.5 Å². The highest BCUT2D eigenvalue weighted by atomic mass is 16.3. The number of unbranched alkanes of at least 4 members (excludes halogenated alkanes) is 2. The van der Waals surface area contributed by atoms with Gasteiger partial charge in [-0.1, -0.05) is 43.1 Å². The number of amides is 1. The van der Waals surface area contributed by atoms with E-state index in [1.165, 1.54) is 11.1 Å². The number of allylic oxidation sites excluding steroid dienone is 4. The van der Waals surface area contributed by atoms with Crippen molar-refractivity contribution in [2.45, 2.75) is 72.6 Å². The highest BCUT2D eigenvalue weighted by Crippen LogP contribution is 2.35. The molecule has 0 aromatic heterocycles. The summed E-state index contributed by atoms with van der Waals surface area (Å²) >= 11 is 0. The molecular weight excluding hydrogens is 338 g/mol. The number of phenols is 2. The van der Waals surface area contributed by atoms with Crippen molar-refractivity contribution in [3.05, 3.63) is 46.1 Å². The fourth-order valence-corrected chi connectivity index (χ4v) is 3.06. The molecule has 4 heteroatoms. The summed E-state index contributed by atoms with van der Waals surface area (Å²) in [7, 11) is 1.55. The van der Waals surface area contributed by atoms with E-state index >= 15 is 0 Å². The molecule has 0 aliphatic rings. The Labute approximate surface area is 164 Å². The van der Waals surface area contributed by atoms with Gasteiger partial charge in [-0.05, 0) is 64.5 Å². The van der Waals surface area contributed by atoms with Gasteiger partial charge in [0.1, 0.15) is 11.5 Å². The van der Waals surface area contributed by atoms with Crippen molar-refractivity contribution in [3.8, 4) is 11.5 Å². The lowest BCUT2D eigenvalue weighted by molar-refractivity contribution is 0.0959. The van der Waals surface area contributed by atoms with E-state index in [0.29, 0.717) is 24.0 Å². The minimum absolute atomic E-state index is 0.0556. The Kier molecular flexibility index (Phi) is 9.70. The summed E-state index contributed by atoms with van der Waals surface area (Å²) in [5.41, 5.74) is 3.89. The SMILES string of the molecule is CCCCCc1cc(O)c(C/C=C(\C)CCC=C(C)C)c(O)c1C(=O)NC. The van der Waals surface area contributed by atoms with E-state index in [1.54, 1.807) is 13.1 Å². The summed E-state index contributed by atoms with van der Waals surface area (Å²) in [6, 6.07) is 1.64. The molecular formula is C23H35NO3. The largest absolute Gasteiger partial charge is 0.508 e. The maximum absolute atomic E-state index is 12.3. The predicted molar refractivity (Wildman–Crippen MR) is 113 cm³/mol. The number of benzene rings is 1. The maximum Gasteiger partial charge on any atom is 0.255 e. The van der Waals surface area contributed by atoms with E-state index < -0.39 is 0 Å². The number of carbonyl (C=O) groups excluding carboxylic acids is 1. The van der Waals surface area contributed by atoms with Gasteiger partial charge in [-0.25, -0.2) is 0 Å². The summed E-state index contributed by atoms with van der Waals surface area (Å²) < 4.78 is 0. The zero-order valence-corrected chi connectivity index (χ0v) is 17.5. The molecule has 0 radical (unpaired) electrons. The normalized spacial score (nSPS) is 11.4. The number of hydrogen-bond acceptors (Lipinski definition) is 3. The second-order valence-electron chi connectivity index (χ2n) is 7.37. The molecule has 0 fully saturated rings. The molecule has 0 aliphatic heterocycles. The van der Waals surface area contributed by atoms with Gasteiger partial charge in [-0.2, -0.15) is 0 Å². The number of aryl methyl sites for hydroxylation is 1. The molecule has 3 N–H and O–H groups in total. The summed E-state index contributed by atoms with van der Waals surface area (Å²) in [5, 5.41) is 23.8. The molecule has 150 valence electrons. The number of phenolic OH excluding ortho intramolecular Hbond substituents is 2. The molecule has 0 unspecified atom stereocenters. The van der Waals surface area contributed by atoms with Gasteiger partial charge in [0.25, 0.3) is 5.91 Å². The molecule has 0 bridgehead atoms. The van der Waals surface area contributed by atoms with E-state index in [9.17, 15) is 15.0 Å². The lowest BCUT2D eigenvalue weighted by Crippen LogP contribution is -2.20. The van der Waals surface area contributed by atoms with E-state index in [0.717, 1.165) is 32.1 Å². The van der Waals surface area contributed by atoms with Crippen LogP contribution >= 0.6 is 0 Å². The Morgan fingerprint density at radius 3 is 2.44 bits per heavy atom. The third-order valence-corrected chi connectivity index (χ3v) is 4.71. The number of rotatable bonds is 10. The fraction of sp³-hybridized carbons (Fsp3) is 0.522. The first kappa shape index (κ1) is 22.8. The van der Waals surface area contributed by atoms with E-state index in [4.69, 9.17) is 0 Å². The summed E-state index contributed by atoms with van der Waals surface area (Å²) in [6.07, 6.45) is 10.2. The molecule has 0 aliphatic carbocycles. The predicted octanol–water partition coefficient (Wildman–Crippen LogP) is 5.43. The van der Waals surface area contributed by atoms with Crippen molar-refractivity contribution in [1.29, 1.82) is 0 Å². The van der Waals surface area contributed by atoms with Crippen molar-refractivity contribution in [2.24, 2.45) is 0 Å². The van der Waals surface area contributed by atoms with E-state index in [1.807, 2.05) is 13.0 Å². The van der Waals surface area contributed by atoms with E-state index in [-0.39, 0.29) is 23.0 Å². The highest BCUT2D eigenvalue weighted by Gasteiger charge is 2.21. The highest BCUT2D eigenvalue weighted by molar-refractivity contribution is 5.99. The Morgan fingerprint density at radius 1 is 1.15 bits per heavy atom. The third-order valence-electron chi connectivity index (χ3n) is 4.71. The molecule has 0 saturated heterocycles. The van der Waals surface area contributed by atoms with Crippen molar-refractivity contribution < 1.29 is 15.0 Å². The monoisotopic (exact) mass is 373 g/mol. The van der Waals surface area contributed by atoms with E-state index in [2.05, 4.69) is 32.2 Å². The fourth-order valence-electron chi connectivity index (χ4n) is 3.06. The number of carbonyl (C=O) groups is 1.